The molecule has 1 aromatic heterocycles. The summed E-state index contributed by atoms with van der Waals surface area (Å²) >= 11 is 6.66. The van der Waals surface area contributed by atoms with Crippen LogP contribution in [0.25, 0.3) is 0 Å². The van der Waals surface area contributed by atoms with Gasteiger partial charge in [-0.1, -0.05) is 0 Å². The van der Waals surface area contributed by atoms with Crippen LogP contribution in [0.5, 0.6) is 0 Å². The summed E-state index contributed by atoms with van der Waals surface area (Å²) in [5.41, 5.74) is 0. The molecule has 0 unspecified atom stereocenters. The van der Waals surface area contributed by atoms with E-state index in [-0.39, 0.29) is 0 Å². The van der Waals surface area contributed by atoms with Crippen LogP contribution < -0.4 is 5.32 Å². The van der Waals surface area contributed by atoms with Gasteiger partial charge in [0.05, 0.1) is 23.7 Å². The average Bonchev–Trinajstić information content (AvgIpc) is 2.45. The van der Waals surface area contributed by atoms with E-state index in [1.807, 2.05) is 19.9 Å². The lowest BCUT2D eigenvalue weighted by molar-refractivity contribution is 0.0805. The van der Waals surface area contributed by atoms with Gasteiger partial charge in [-0.3, -0.25) is 0 Å². The fraction of sp³-hybridized carbons (Fsp3) is 0.600. The minimum Gasteiger partial charge on any atom is -0.452 e. The van der Waals surface area contributed by atoms with Gasteiger partial charge in [0.15, 0.2) is 4.67 Å². The van der Waals surface area contributed by atoms with Gasteiger partial charge in [0.25, 0.3) is 0 Å². The van der Waals surface area contributed by atoms with E-state index in [1.165, 1.54) is 0 Å². The highest BCUT2D eigenvalue weighted by Gasteiger charge is 2.04. The van der Waals surface area contributed by atoms with Gasteiger partial charge in [-0.15, -0.1) is 0 Å². The van der Waals surface area contributed by atoms with Crippen molar-refractivity contribution in [2.75, 3.05) is 13.2 Å². The van der Waals surface area contributed by atoms with Crippen molar-refractivity contribution >= 4 is 31.9 Å². The van der Waals surface area contributed by atoms with Crippen molar-refractivity contribution in [3.8, 4) is 0 Å². The van der Waals surface area contributed by atoms with Crippen LogP contribution in [0, 0.1) is 0 Å². The molecule has 0 aliphatic rings. The molecule has 0 fully saturated rings. The van der Waals surface area contributed by atoms with Crippen molar-refractivity contribution in [2.24, 2.45) is 0 Å². The maximum absolute atomic E-state index is 5.41. The zero-order chi connectivity index (χ0) is 11.3. The zero-order valence-corrected chi connectivity index (χ0v) is 12.0. The molecule has 15 heavy (non-hydrogen) atoms. The Hall–Kier alpha value is 0.160. The molecule has 3 nitrogen and oxygen atoms in total. The molecule has 0 aromatic carbocycles. The van der Waals surface area contributed by atoms with Crippen LogP contribution in [0.4, 0.5) is 0 Å². The Bertz CT molecular complexity index is 280. The van der Waals surface area contributed by atoms with Gasteiger partial charge in [-0.05, 0) is 51.8 Å². The van der Waals surface area contributed by atoms with Crippen molar-refractivity contribution < 1.29 is 9.15 Å². The lowest BCUT2D eigenvalue weighted by atomic mass is 10.4. The highest BCUT2D eigenvalue weighted by molar-refractivity contribution is 9.13. The fourth-order valence-corrected chi connectivity index (χ4v) is 1.72. The van der Waals surface area contributed by atoms with Gasteiger partial charge in [-0.25, -0.2) is 0 Å². The van der Waals surface area contributed by atoms with Crippen LogP contribution in [0.15, 0.2) is 19.6 Å². The van der Waals surface area contributed by atoms with Crippen molar-refractivity contribution in [2.45, 2.75) is 26.5 Å². The molecule has 0 atom stereocenters. The Kier molecular flexibility index (Phi) is 5.89. The quantitative estimate of drug-likeness (QED) is 0.807. The Morgan fingerprint density at radius 3 is 2.73 bits per heavy atom. The van der Waals surface area contributed by atoms with Crippen LogP contribution in [0.2, 0.25) is 0 Å². The Morgan fingerprint density at radius 1 is 1.47 bits per heavy atom. The van der Waals surface area contributed by atoms with Gasteiger partial charge >= 0.3 is 0 Å². The highest BCUT2D eigenvalue weighted by Crippen LogP contribution is 2.26. The minimum atomic E-state index is 0.290. The van der Waals surface area contributed by atoms with E-state index in [4.69, 9.17) is 9.15 Å². The summed E-state index contributed by atoms with van der Waals surface area (Å²) in [6.07, 6.45) is 0.290. The van der Waals surface area contributed by atoms with Crippen molar-refractivity contribution in [1.29, 1.82) is 0 Å². The Balaban J connectivity index is 2.15. The molecule has 0 spiro atoms. The first-order chi connectivity index (χ1) is 7.09. The van der Waals surface area contributed by atoms with Gasteiger partial charge in [0.1, 0.15) is 5.76 Å². The van der Waals surface area contributed by atoms with E-state index in [2.05, 4.69) is 37.2 Å². The summed E-state index contributed by atoms with van der Waals surface area (Å²) < 4.78 is 12.5. The third kappa shape index (κ3) is 5.15. The monoisotopic (exact) mass is 339 g/mol. The molecular weight excluding hydrogens is 326 g/mol. The summed E-state index contributed by atoms with van der Waals surface area (Å²) in [7, 11) is 0. The van der Waals surface area contributed by atoms with Crippen molar-refractivity contribution in [3.05, 3.63) is 21.0 Å². The maximum Gasteiger partial charge on any atom is 0.183 e. The van der Waals surface area contributed by atoms with Gasteiger partial charge in [-0.2, -0.15) is 0 Å². The van der Waals surface area contributed by atoms with E-state index in [1.54, 1.807) is 0 Å². The molecule has 5 heteroatoms. The summed E-state index contributed by atoms with van der Waals surface area (Å²) in [4.78, 5) is 0. The van der Waals surface area contributed by atoms with Gasteiger partial charge in [0, 0.05) is 6.54 Å². The van der Waals surface area contributed by atoms with E-state index < -0.39 is 0 Å². The third-order valence-electron chi connectivity index (χ3n) is 1.73. The molecular formula is C10H15Br2NO2. The van der Waals surface area contributed by atoms with Crippen LogP contribution in [0.3, 0.4) is 0 Å². The summed E-state index contributed by atoms with van der Waals surface area (Å²) in [5, 5.41) is 3.24. The molecule has 0 radical (unpaired) electrons. The van der Waals surface area contributed by atoms with Crippen LogP contribution in [-0.2, 0) is 11.3 Å². The molecule has 0 saturated carbocycles. The lowest BCUT2D eigenvalue weighted by Crippen LogP contribution is -2.20. The molecule has 0 saturated heterocycles. The number of rotatable bonds is 6. The second-order valence-corrected chi connectivity index (χ2v) is 5.01. The Labute approximate surface area is 107 Å². The molecule has 86 valence electrons. The number of nitrogens with one attached hydrogen (secondary N) is 1. The van der Waals surface area contributed by atoms with Gasteiger partial charge < -0.3 is 14.5 Å². The second kappa shape index (κ2) is 6.68. The predicted octanol–water partition coefficient (Wildman–Crippen LogP) is 3.32. The molecule has 0 aliphatic carbocycles. The van der Waals surface area contributed by atoms with Crippen LogP contribution in [0.1, 0.15) is 19.6 Å². The van der Waals surface area contributed by atoms with E-state index in [0.29, 0.717) is 12.6 Å². The molecule has 1 heterocycles. The fourth-order valence-electron chi connectivity index (χ4n) is 1.06. The molecule has 0 amide bonds. The first kappa shape index (κ1) is 13.2. The third-order valence-corrected chi connectivity index (χ3v) is 3.44. The van der Waals surface area contributed by atoms with Crippen molar-refractivity contribution in [3.63, 3.8) is 0 Å². The second-order valence-electron chi connectivity index (χ2n) is 3.43. The van der Waals surface area contributed by atoms with Crippen molar-refractivity contribution in [1.82, 2.24) is 5.32 Å². The standard InChI is InChI=1S/C10H15Br2NO2/c1-7(2)14-4-3-13-6-8-5-9(11)10(12)15-8/h5,7,13H,3-4,6H2,1-2H3. The largest absolute Gasteiger partial charge is 0.452 e. The number of furan rings is 1. The molecule has 1 aromatic rings. The summed E-state index contributed by atoms with van der Waals surface area (Å²) in [5.74, 6) is 0.901. The number of ether oxygens (including phenoxy) is 1. The van der Waals surface area contributed by atoms with E-state index in [0.717, 1.165) is 28.1 Å². The Morgan fingerprint density at radius 2 is 2.20 bits per heavy atom. The maximum atomic E-state index is 5.41. The van der Waals surface area contributed by atoms with Gasteiger partial charge in [0.2, 0.25) is 0 Å². The first-order valence-electron chi connectivity index (χ1n) is 4.85. The molecule has 0 aliphatic heterocycles. The average molecular weight is 341 g/mol. The minimum absolute atomic E-state index is 0.290. The SMILES string of the molecule is CC(C)OCCNCc1cc(Br)c(Br)o1. The predicted molar refractivity (Wildman–Crippen MR) is 66.9 cm³/mol. The number of hydrogen-bond donors (Lipinski definition) is 1. The topological polar surface area (TPSA) is 34.4 Å². The molecule has 1 N–H and O–H groups in total. The smallest absolute Gasteiger partial charge is 0.183 e. The summed E-state index contributed by atoms with van der Waals surface area (Å²) in [6.45, 7) is 6.32. The van der Waals surface area contributed by atoms with Crippen LogP contribution in [-0.4, -0.2) is 19.3 Å². The number of hydrogen-bond acceptors (Lipinski definition) is 3. The molecule has 1 rings (SSSR count). The lowest BCUT2D eigenvalue weighted by Gasteiger charge is -2.07. The van der Waals surface area contributed by atoms with E-state index >= 15 is 0 Å². The highest BCUT2D eigenvalue weighted by atomic mass is 79.9. The normalized spacial score (nSPS) is 11.3. The zero-order valence-electron chi connectivity index (χ0n) is 8.85. The van der Waals surface area contributed by atoms with E-state index in [9.17, 15) is 0 Å². The molecule has 0 bridgehead atoms. The summed E-state index contributed by atoms with van der Waals surface area (Å²) in [6, 6.07) is 1.94. The van der Waals surface area contributed by atoms with Crippen LogP contribution >= 0.6 is 31.9 Å². The first-order valence-corrected chi connectivity index (χ1v) is 6.44. The number of halogens is 2.